The molecule has 0 radical (unpaired) electrons. The first kappa shape index (κ1) is 12.0. The third-order valence-electron chi connectivity index (χ3n) is 3.47. The van der Waals surface area contributed by atoms with Crippen LogP contribution in [0.15, 0.2) is 23.4 Å². The average molecular weight is 284 g/mol. The molecule has 0 saturated heterocycles. The van der Waals surface area contributed by atoms with Crippen molar-refractivity contribution in [3.8, 4) is 0 Å². The Labute approximate surface area is 115 Å². The quantitative estimate of drug-likeness (QED) is 0.792. The standard InChI is InChI=1S/C13H11Cl2NO2/c14-9-2-1-3-10(15)12(9)13-8-5-4-7(17)6-11(8)18-16-13/h1-3,8,11H,4-6H2/t8-,11+/m1/s1. The first-order valence-electron chi connectivity index (χ1n) is 5.86. The monoisotopic (exact) mass is 283 g/mol. The molecule has 0 spiro atoms. The number of carbonyl (C=O) groups excluding carboxylic acids is 1. The Kier molecular flexibility index (Phi) is 3.04. The molecule has 1 heterocycles. The van der Waals surface area contributed by atoms with Crippen LogP contribution in [0.25, 0.3) is 0 Å². The molecule has 1 aromatic carbocycles. The number of oxime groups is 1. The molecule has 18 heavy (non-hydrogen) atoms. The van der Waals surface area contributed by atoms with Gasteiger partial charge in [-0.15, -0.1) is 0 Å². The minimum Gasteiger partial charge on any atom is -0.391 e. The van der Waals surface area contributed by atoms with Crippen LogP contribution in [0.1, 0.15) is 24.8 Å². The van der Waals surface area contributed by atoms with Gasteiger partial charge in [0.2, 0.25) is 0 Å². The Morgan fingerprint density at radius 3 is 2.72 bits per heavy atom. The van der Waals surface area contributed by atoms with Gasteiger partial charge in [-0.3, -0.25) is 4.79 Å². The van der Waals surface area contributed by atoms with Crippen LogP contribution in [0.5, 0.6) is 0 Å². The molecule has 1 aliphatic heterocycles. The van der Waals surface area contributed by atoms with Gasteiger partial charge in [-0.05, 0) is 18.6 Å². The summed E-state index contributed by atoms with van der Waals surface area (Å²) in [6.45, 7) is 0. The van der Waals surface area contributed by atoms with Gasteiger partial charge >= 0.3 is 0 Å². The summed E-state index contributed by atoms with van der Waals surface area (Å²) >= 11 is 12.4. The van der Waals surface area contributed by atoms with E-state index in [1.807, 2.05) is 0 Å². The lowest BCUT2D eigenvalue weighted by molar-refractivity contribution is -0.124. The summed E-state index contributed by atoms with van der Waals surface area (Å²) in [5.74, 6) is 0.359. The summed E-state index contributed by atoms with van der Waals surface area (Å²) in [6.07, 6.45) is 1.61. The highest BCUT2D eigenvalue weighted by Gasteiger charge is 2.40. The molecule has 5 heteroatoms. The fourth-order valence-corrected chi connectivity index (χ4v) is 3.15. The number of ketones is 1. The number of rotatable bonds is 1. The number of fused-ring (bicyclic) bond motifs is 1. The van der Waals surface area contributed by atoms with Crippen LogP contribution in [0, 0.1) is 5.92 Å². The highest BCUT2D eigenvalue weighted by atomic mass is 35.5. The van der Waals surface area contributed by atoms with Gasteiger partial charge in [0.15, 0.2) is 0 Å². The van der Waals surface area contributed by atoms with Crippen LogP contribution in [0.4, 0.5) is 0 Å². The van der Waals surface area contributed by atoms with Gasteiger partial charge in [0.05, 0.1) is 15.8 Å². The van der Waals surface area contributed by atoms with Crippen molar-refractivity contribution in [1.82, 2.24) is 0 Å². The zero-order valence-corrected chi connectivity index (χ0v) is 11.0. The lowest BCUT2D eigenvalue weighted by Gasteiger charge is -2.23. The predicted octanol–water partition coefficient (Wildman–Crippen LogP) is 3.47. The van der Waals surface area contributed by atoms with Crippen molar-refractivity contribution in [2.24, 2.45) is 11.1 Å². The maximum atomic E-state index is 11.4. The van der Waals surface area contributed by atoms with E-state index in [4.69, 9.17) is 28.0 Å². The first-order valence-corrected chi connectivity index (χ1v) is 6.62. The van der Waals surface area contributed by atoms with Gasteiger partial charge in [-0.2, -0.15) is 0 Å². The van der Waals surface area contributed by atoms with Crippen molar-refractivity contribution in [3.63, 3.8) is 0 Å². The van der Waals surface area contributed by atoms with Crippen molar-refractivity contribution in [2.75, 3.05) is 0 Å². The van der Waals surface area contributed by atoms with Crippen LogP contribution < -0.4 is 0 Å². The summed E-state index contributed by atoms with van der Waals surface area (Å²) in [5.41, 5.74) is 1.52. The van der Waals surface area contributed by atoms with E-state index in [0.29, 0.717) is 22.9 Å². The number of carbonyl (C=O) groups is 1. The summed E-state index contributed by atoms with van der Waals surface area (Å²) in [6, 6.07) is 5.37. The largest absolute Gasteiger partial charge is 0.391 e. The van der Waals surface area contributed by atoms with E-state index in [-0.39, 0.29) is 17.8 Å². The molecule has 1 fully saturated rings. The summed E-state index contributed by atoms with van der Waals surface area (Å²) in [4.78, 5) is 16.8. The highest BCUT2D eigenvalue weighted by molar-refractivity contribution is 6.40. The van der Waals surface area contributed by atoms with Crippen LogP contribution >= 0.6 is 23.2 Å². The summed E-state index contributed by atoms with van der Waals surface area (Å²) < 4.78 is 0. The molecule has 3 rings (SSSR count). The van der Waals surface area contributed by atoms with Crippen molar-refractivity contribution >= 4 is 34.7 Å². The van der Waals surface area contributed by atoms with Crippen molar-refractivity contribution < 1.29 is 9.63 Å². The SMILES string of the molecule is O=C1CC[C@H]2C(c3c(Cl)cccc3Cl)=NO[C@H]2C1. The summed E-state index contributed by atoms with van der Waals surface area (Å²) in [7, 11) is 0. The molecular formula is C13H11Cl2NO2. The van der Waals surface area contributed by atoms with Gasteiger partial charge in [0.1, 0.15) is 11.9 Å². The topological polar surface area (TPSA) is 38.7 Å². The Hall–Kier alpha value is -1.06. The van der Waals surface area contributed by atoms with E-state index in [1.54, 1.807) is 18.2 Å². The van der Waals surface area contributed by atoms with E-state index in [9.17, 15) is 4.79 Å². The smallest absolute Gasteiger partial charge is 0.142 e. The van der Waals surface area contributed by atoms with Crippen molar-refractivity contribution in [1.29, 1.82) is 0 Å². The minimum atomic E-state index is -0.145. The summed E-state index contributed by atoms with van der Waals surface area (Å²) in [5, 5.41) is 5.25. The second-order valence-electron chi connectivity index (χ2n) is 4.61. The molecule has 0 amide bonds. The lowest BCUT2D eigenvalue weighted by atomic mass is 9.81. The lowest BCUT2D eigenvalue weighted by Crippen LogP contribution is -2.31. The van der Waals surface area contributed by atoms with Gasteiger partial charge in [-0.1, -0.05) is 34.4 Å². The average Bonchev–Trinajstić information content (AvgIpc) is 2.72. The third-order valence-corrected chi connectivity index (χ3v) is 4.10. The van der Waals surface area contributed by atoms with E-state index < -0.39 is 0 Å². The first-order chi connectivity index (χ1) is 8.66. The second-order valence-corrected chi connectivity index (χ2v) is 5.42. The normalized spacial score (nSPS) is 26.6. The van der Waals surface area contributed by atoms with Crippen LogP contribution in [0.2, 0.25) is 10.0 Å². The zero-order chi connectivity index (χ0) is 12.7. The molecule has 1 aliphatic carbocycles. The number of hydrogen-bond acceptors (Lipinski definition) is 3. The number of hydrogen-bond donors (Lipinski definition) is 0. The van der Waals surface area contributed by atoms with E-state index in [0.717, 1.165) is 17.7 Å². The molecule has 0 aromatic heterocycles. The van der Waals surface area contributed by atoms with Gasteiger partial charge in [0, 0.05) is 24.3 Å². The Balaban J connectivity index is 1.97. The molecule has 0 N–H and O–H groups in total. The molecule has 94 valence electrons. The molecule has 2 atom stereocenters. The van der Waals surface area contributed by atoms with E-state index >= 15 is 0 Å². The fraction of sp³-hybridized carbons (Fsp3) is 0.385. The van der Waals surface area contributed by atoms with E-state index in [1.165, 1.54) is 0 Å². The zero-order valence-electron chi connectivity index (χ0n) is 9.53. The molecule has 0 bridgehead atoms. The minimum absolute atomic E-state index is 0.125. The predicted molar refractivity (Wildman–Crippen MR) is 70.2 cm³/mol. The second kappa shape index (κ2) is 4.56. The Morgan fingerprint density at radius 2 is 2.00 bits per heavy atom. The van der Waals surface area contributed by atoms with Crippen LogP contribution in [-0.4, -0.2) is 17.6 Å². The Morgan fingerprint density at radius 1 is 1.28 bits per heavy atom. The highest BCUT2D eigenvalue weighted by Crippen LogP contribution is 2.37. The molecule has 3 nitrogen and oxygen atoms in total. The van der Waals surface area contributed by atoms with Gasteiger partial charge in [-0.25, -0.2) is 0 Å². The molecule has 2 aliphatic rings. The van der Waals surface area contributed by atoms with Crippen molar-refractivity contribution in [2.45, 2.75) is 25.4 Å². The number of Topliss-reactive ketones (excluding diaryl/α,β-unsaturated/α-hetero) is 1. The van der Waals surface area contributed by atoms with E-state index in [2.05, 4.69) is 5.16 Å². The number of nitrogens with zero attached hydrogens (tertiary/aromatic N) is 1. The van der Waals surface area contributed by atoms with Crippen LogP contribution in [0.3, 0.4) is 0 Å². The maximum absolute atomic E-state index is 11.4. The molecule has 0 unspecified atom stereocenters. The molecule has 1 saturated carbocycles. The third kappa shape index (κ3) is 1.91. The Bertz CT molecular complexity index is 522. The number of benzene rings is 1. The van der Waals surface area contributed by atoms with Gasteiger partial charge in [0.25, 0.3) is 0 Å². The van der Waals surface area contributed by atoms with Crippen LogP contribution in [-0.2, 0) is 9.63 Å². The number of halogens is 2. The van der Waals surface area contributed by atoms with Gasteiger partial charge < -0.3 is 4.84 Å². The fourth-order valence-electron chi connectivity index (χ4n) is 2.56. The van der Waals surface area contributed by atoms with Crippen molar-refractivity contribution in [3.05, 3.63) is 33.8 Å². The maximum Gasteiger partial charge on any atom is 0.142 e. The molecule has 1 aromatic rings. The molecular weight excluding hydrogens is 273 g/mol.